The Morgan fingerprint density at radius 3 is 2.82 bits per heavy atom. The molecule has 0 saturated carbocycles. The van der Waals surface area contributed by atoms with Crippen molar-refractivity contribution in [1.82, 2.24) is 14.5 Å². The Morgan fingerprint density at radius 2 is 2.07 bits per heavy atom. The maximum absolute atomic E-state index is 14.5. The molecule has 2 aromatic heterocycles. The van der Waals surface area contributed by atoms with Gasteiger partial charge in [0.05, 0.1) is 19.8 Å². The number of hydrogen-bond acceptors (Lipinski definition) is 3. The molecule has 1 aliphatic rings. The zero-order valence-electron chi connectivity index (χ0n) is 16.1. The predicted octanol–water partition coefficient (Wildman–Crippen LogP) is 6.06. The fourth-order valence-corrected chi connectivity index (χ4v) is 4.27. The summed E-state index contributed by atoms with van der Waals surface area (Å²) in [6.07, 6.45) is 12.8. The third-order valence-corrected chi connectivity index (χ3v) is 6.17. The Balaban J connectivity index is 1.64. The van der Waals surface area contributed by atoms with Crippen LogP contribution >= 0.6 is 11.3 Å². The van der Waals surface area contributed by atoms with Gasteiger partial charge < -0.3 is 0 Å². The molecule has 28 heavy (non-hydrogen) atoms. The van der Waals surface area contributed by atoms with Gasteiger partial charge in [-0.25, -0.2) is 8.87 Å². The summed E-state index contributed by atoms with van der Waals surface area (Å²) in [6, 6.07) is 9.33. The SMILES string of the molecule is C[N+](C)(c1ccc(F)c(CC2=CCCC=C2)c1)c1nc(-c2cccnc2)cs1. The number of rotatable bonds is 5. The van der Waals surface area contributed by atoms with Gasteiger partial charge in [-0.3, -0.25) is 4.98 Å². The number of pyridine rings is 1. The maximum atomic E-state index is 14.5. The predicted molar refractivity (Wildman–Crippen MR) is 115 cm³/mol. The zero-order chi connectivity index (χ0) is 19.6. The largest absolute Gasteiger partial charge is 0.291 e. The lowest BCUT2D eigenvalue weighted by Crippen LogP contribution is -2.34. The van der Waals surface area contributed by atoms with Gasteiger partial charge in [0.2, 0.25) is 0 Å². The summed E-state index contributed by atoms with van der Waals surface area (Å²) in [5.41, 5.74) is 4.84. The third kappa shape index (κ3) is 3.81. The molecular formula is C23H23FN3S+. The van der Waals surface area contributed by atoms with E-state index < -0.39 is 0 Å². The molecular weight excluding hydrogens is 369 g/mol. The van der Waals surface area contributed by atoms with E-state index in [1.807, 2.05) is 30.5 Å². The van der Waals surface area contributed by atoms with E-state index in [0.717, 1.165) is 40.5 Å². The lowest BCUT2D eigenvalue weighted by Gasteiger charge is -2.26. The van der Waals surface area contributed by atoms with Crippen LogP contribution in [0.5, 0.6) is 0 Å². The number of nitrogens with zero attached hydrogens (tertiary/aromatic N) is 3. The molecule has 0 N–H and O–H groups in total. The number of quaternary nitrogens is 1. The normalized spacial score (nSPS) is 14.2. The molecule has 4 rings (SSSR count). The van der Waals surface area contributed by atoms with Crippen LogP contribution in [0.2, 0.25) is 0 Å². The van der Waals surface area contributed by atoms with E-state index in [1.165, 1.54) is 5.57 Å². The minimum atomic E-state index is -0.154. The van der Waals surface area contributed by atoms with Gasteiger partial charge in [-0.15, -0.1) is 0 Å². The third-order valence-electron chi connectivity index (χ3n) is 5.07. The van der Waals surface area contributed by atoms with Crippen molar-refractivity contribution in [1.29, 1.82) is 0 Å². The molecule has 142 valence electrons. The van der Waals surface area contributed by atoms with Crippen molar-refractivity contribution in [2.75, 3.05) is 14.1 Å². The lowest BCUT2D eigenvalue weighted by atomic mass is 9.99. The van der Waals surface area contributed by atoms with E-state index in [-0.39, 0.29) is 5.82 Å². The summed E-state index contributed by atoms with van der Waals surface area (Å²) < 4.78 is 14.9. The topological polar surface area (TPSA) is 25.8 Å². The van der Waals surface area contributed by atoms with Crippen LogP contribution < -0.4 is 4.48 Å². The molecule has 1 aliphatic carbocycles. The highest BCUT2D eigenvalue weighted by Crippen LogP contribution is 2.36. The zero-order valence-corrected chi connectivity index (χ0v) is 16.9. The van der Waals surface area contributed by atoms with Gasteiger partial charge in [0.15, 0.2) is 0 Å². The fourth-order valence-electron chi connectivity index (χ4n) is 3.34. The van der Waals surface area contributed by atoms with Gasteiger partial charge in [-0.2, -0.15) is 4.98 Å². The molecule has 3 aromatic rings. The van der Waals surface area contributed by atoms with E-state index in [0.29, 0.717) is 10.9 Å². The van der Waals surface area contributed by atoms with Crippen molar-refractivity contribution in [3.05, 3.63) is 83.3 Å². The van der Waals surface area contributed by atoms with Crippen molar-refractivity contribution in [2.24, 2.45) is 0 Å². The molecule has 3 nitrogen and oxygen atoms in total. The highest BCUT2D eigenvalue weighted by atomic mass is 32.1. The molecule has 0 bridgehead atoms. The molecule has 2 heterocycles. The highest BCUT2D eigenvalue weighted by Gasteiger charge is 2.28. The Labute approximate surface area is 169 Å². The first-order valence-corrected chi connectivity index (χ1v) is 10.3. The van der Waals surface area contributed by atoms with Gasteiger partial charge in [-0.1, -0.05) is 29.6 Å². The first-order valence-electron chi connectivity index (χ1n) is 9.39. The summed E-state index contributed by atoms with van der Waals surface area (Å²) in [4.78, 5) is 9.01. The second-order valence-corrected chi connectivity index (χ2v) is 8.26. The summed E-state index contributed by atoms with van der Waals surface area (Å²) in [7, 11) is 4.17. The van der Waals surface area contributed by atoms with Crippen LogP contribution in [0.25, 0.3) is 11.3 Å². The Morgan fingerprint density at radius 1 is 1.18 bits per heavy atom. The number of hydrogen-bond donors (Lipinski definition) is 0. The molecule has 0 amide bonds. The van der Waals surface area contributed by atoms with Crippen molar-refractivity contribution in [3.8, 4) is 11.3 Å². The number of thiazole rings is 1. The van der Waals surface area contributed by atoms with Gasteiger partial charge >= 0.3 is 0 Å². The molecule has 0 unspecified atom stereocenters. The van der Waals surface area contributed by atoms with Crippen LogP contribution in [-0.2, 0) is 6.42 Å². The van der Waals surface area contributed by atoms with Crippen LogP contribution in [0.3, 0.4) is 0 Å². The van der Waals surface area contributed by atoms with Crippen molar-refractivity contribution >= 4 is 22.2 Å². The van der Waals surface area contributed by atoms with E-state index in [1.54, 1.807) is 23.6 Å². The van der Waals surface area contributed by atoms with Crippen LogP contribution in [-0.4, -0.2) is 24.1 Å². The first-order chi connectivity index (χ1) is 13.5. The van der Waals surface area contributed by atoms with Crippen molar-refractivity contribution in [2.45, 2.75) is 19.3 Å². The number of allylic oxidation sites excluding steroid dienone is 4. The van der Waals surface area contributed by atoms with Gasteiger partial charge in [0, 0.05) is 41.9 Å². The van der Waals surface area contributed by atoms with Crippen LogP contribution in [0, 0.1) is 5.82 Å². The second kappa shape index (κ2) is 7.78. The quantitative estimate of drug-likeness (QED) is 0.493. The molecule has 0 fully saturated rings. The van der Waals surface area contributed by atoms with Crippen molar-refractivity contribution < 1.29 is 4.39 Å². The maximum Gasteiger partial charge on any atom is 0.291 e. The fraction of sp³-hybridized carbons (Fsp3) is 0.217. The average molecular weight is 393 g/mol. The minimum absolute atomic E-state index is 0.154. The highest BCUT2D eigenvalue weighted by molar-refractivity contribution is 7.13. The smallest absolute Gasteiger partial charge is 0.264 e. The number of aromatic nitrogens is 2. The standard InChI is InChI=1S/C23H23FN3S/c1-27(2,23-26-22(16-28-23)18-9-6-12-25-15-18)20-10-11-21(24)19(14-20)13-17-7-4-3-5-8-17/h4,6-12,14-16H,3,5,13H2,1-2H3/q+1. The summed E-state index contributed by atoms with van der Waals surface area (Å²) in [5, 5.41) is 3.00. The molecule has 5 heteroatoms. The number of halogens is 1. The van der Waals surface area contributed by atoms with Gasteiger partial charge in [-0.05, 0) is 42.2 Å². The Kier molecular flexibility index (Phi) is 5.20. The lowest BCUT2D eigenvalue weighted by molar-refractivity contribution is 0.547. The monoisotopic (exact) mass is 392 g/mol. The van der Waals surface area contributed by atoms with E-state index in [4.69, 9.17) is 4.98 Å². The van der Waals surface area contributed by atoms with Crippen molar-refractivity contribution in [3.63, 3.8) is 0 Å². The van der Waals surface area contributed by atoms with E-state index >= 15 is 0 Å². The van der Waals surface area contributed by atoms with Gasteiger partial charge in [0.1, 0.15) is 11.5 Å². The average Bonchev–Trinajstić information content (AvgIpc) is 3.22. The Bertz CT molecular complexity index is 1040. The van der Waals surface area contributed by atoms with Crippen LogP contribution in [0.1, 0.15) is 18.4 Å². The van der Waals surface area contributed by atoms with Gasteiger partial charge in [0.25, 0.3) is 5.13 Å². The first kappa shape index (κ1) is 18.7. The minimum Gasteiger partial charge on any atom is -0.264 e. The molecule has 0 saturated heterocycles. The molecule has 0 aliphatic heterocycles. The summed E-state index contributed by atoms with van der Waals surface area (Å²) in [6.45, 7) is 0. The molecule has 0 radical (unpaired) electrons. The molecule has 0 atom stereocenters. The van der Waals surface area contributed by atoms with Crippen LogP contribution in [0.4, 0.5) is 15.2 Å². The van der Waals surface area contributed by atoms with E-state index in [2.05, 4.69) is 42.7 Å². The second-order valence-electron chi connectivity index (χ2n) is 7.42. The molecule has 0 spiro atoms. The summed E-state index contributed by atoms with van der Waals surface area (Å²) >= 11 is 1.61. The summed E-state index contributed by atoms with van der Waals surface area (Å²) in [5.74, 6) is -0.154. The number of benzene rings is 1. The Hall–Kier alpha value is -2.63. The van der Waals surface area contributed by atoms with Crippen LogP contribution in [0.15, 0.2) is 71.9 Å². The van der Waals surface area contributed by atoms with E-state index in [9.17, 15) is 4.39 Å². The molecule has 1 aromatic carbocycles.